The van der Waals surface area contributed by atoms with Gasteiger partial charge in [0, 0.05) is 12.2 Å². The molecule has 1 aromatic rings. The van der Waals surface area contributed by atoms with Crippen molar-refractivity contribution in [3.63, 3.8) is 0 Å². The number of amides is 1. The Morgan fingerprint density at radius 3 is 2.83 bits per heavy atom. The highest BCUT2D eigenvalue weighted by Crippen LogP contribution is 2.33. The van der Waals surface area contributed by atoms with Crippen molar-refractivity contribution in [1.82, 2.24) is 0 Å². The second-order valence-corrected chi connectivity index (χ2v) is 5.17. The molecule has 0 aliphatic carbocycles. The van der Waals surface area contributed by atoms with Crippen molar-refractivity contribution in [2.45, 2.75) is 32.2 Å². The van der Waals surface area contributed by atoms with Gasteiger partial charge in [-0.3, -0.25) is 4.79 Å². The summed E-state index contributed by atoms with van der Waals surface area (Å²) in [5.74, 6) is -0.276. The van der Waals surface area contributed by atoms with Crippen molar-refractivity contribution in [2.75, 3.05) is 17.2 Å². The molecule has 18 heavy (non-hydrogen) atoms. The average molecular weight is 268 g/mol. The summed E-state index contributed by atoms with van der Waals surface area (Å²) in [4.78, 5) is 13.6. The number of carbonyl (C=O) groups excluding carboxylic acids is 1. The normalized spacial score (nSPS) is 19.9. The highest BCUT2D eigenvalue weighted by molar-refractivity contribution is 6.33. The minimum Gasteiger partial charge on any atom is -0.398 e. The topological polar surface area (TPSA) is 72.3 Å². The van der Waals surface area contributed by atoms with Crippen LogP contribution in [0.25, 0.3) is 0 Å². The summed E-state index contributed by atoms with van der Waals surface area (Å²) >= 11 is 6.06. The molecular formula is C13H18ClN3O. The van der Waals surface area contributed by atoms with Crippen LogP contribution in [0.1, 0.15) is 24.8 Å². The van der Waals surface area contributed by atoms with Crippen molar-refractivity contribution in [2.24, 2.45) is 5.73 Å². The van der Waals surface area contributed by atoms with Crippen LogP contribution < -0.4 is 16.4 Å². The van der Waals surface area contributed by atoms with Crippen LogP contribution >= 0.6 is 11.6 Å². The monoisotopic (exact) mass is 267 g/mol. The Balaban J connectivity index is 2.39. The summed E-state index contributed by atoms with van der Waals surface area (Å²) in [5, 5.41) is 0.518. The number of nitrogens with two attached hydrogens (primary N) is 2. The highest BCUT2D eigenvalue weighted by Gasteiger charge is 2.28. The lowest BCUT2D eigenvalue weighted by atomic mass is 9.99. The molecule has 2 rings (SSSR count). The van der Waals surface area contributed by atoms with Gasteiger partial charge in [-0.1, -0.05) is 11.6 Å². The third-order valence-electron chi connectivity index (χ3n) is 3.46. The van der Waals surface area contributed by atoms with Crippen molar-refractivity contribution in [1.29, 1.82) is 0 Å². The molecule has 1 aliphatic rings. The van der Waals surface area contributed by atoms with Gasteiger partial charge < -0.3 is 16.4 Å². The first-order valence-corrected chi connectivity index (χ1v) is 6.50. The molecule has 0 bridgehead atoms. The number of aryl methyl sites for hydroxylation is 1. The van der Waals surface area contributed by atoms with Crippen LogP contribution in [-0.4, -0.2) is 18.5 Å². The van der Waals surface area contributed by atoms with Crippen molar-refractivity contribution in [3.05, 3.63) is 22.7 Å². The Labute approximate surface area is 112 Å². The van der Waals surface area contributed by atoms with E-state index < -0.39 is 0 Å². The quantitative estimate of drug-likeness (QED) is 0.806. The van der Waals surface area contributed by atoms with Crippen molar-refractivity contribution in [3.8, 4) is 0 Å². The molecule has 1 heterocycles. The van der Waals surface area contributed by atoms with Crippen LogP contribution in [0, 0.1) is 6.92 Å². The summed E-state index contributed by atoms with van der Waals surface area (Å²) < 4.78 is 0. The molecule has 0 radical (unpaired) electrons. The van der Waals surface area contributed by atoms with E-state index in [0.29, 0.717) is 10.7 Å². The van der Waals surface area contributed by atoms with E-state index in [9.17, 15) is 4.79 Å². The molecule has 1 fully saturated rings. The van der Waals surface area contributed by atoms with E-state index >= 15 is 0 Å². The third kappa shape index (κ3) is 2.38. The van der Waals surface area contributed by atoms with Gasteiger partial charge in [-0.05, 0) is 43.9 Å². The first kappa shape index (κ1) is 13.0. The maximum absolute atomic E-state index is 11.5. The van der Waals surface area contributed by atoms with Gasteiger partial charge in [-0.2, -0.15) is 0 Å². The Morgan fingerprint density at radius 1 is 1.44 bits per heavy atom. The molecule has 1 unspecified atom stereocenters. The molecule has 1 aromatic carbocycles. The number of hydrogen-bond donors (Lipinski definition) is 2. The minimum atomic E-state index is -0.276. The molecule has 1 amide bonds. The fourth-order valence-electron chi connectivity index (χ4n) is 2.52. The van der Waals surface area contributed by atoms with Crippen LogP contribution in [0.3, 0.4) is 0 Å². The number of rotatable bonds is 2. The largest absolute Gasteiger partial charge is 0.398 e. The standard InChI is InChI=1S/C13H18ClN3O/c1-8-6-10(15)9(14)7-12(8)17-5-3-2-4-11(17)13(16)18/h6-7,11H,2-5,15H2,1H3,(H2,16,18). The summed E-state index contributed by atoms with van der Waals surface area (Å²) in [6, 6.07) is 3.43. The van der Waals surface area contributed by atoms with Gasteiger partial charge in [0.05, 0.1) is 10.7 Å². The van der Waals surface area contributed by atoms with Crippen LogP contribution in [0.2, 0.25) is 5.02 Å². The van der Waals surface area contributed by atoms with E-state index in [0.717, 1.165) is 37.1 Å². The van der Waals surface area contributed by atoms with E-state index in [1.165, 1.54) is 0 Å². The first-order valence-electron chi connectivity index (χ1n) is 6.12. The lowest BCUT2D eigenvalue weighted by molar-refractivity contribution is -0.119. The molecule has 5 heteroatoms. The summed E-state index contributed by atoms with van der Waals surface area (Å²) in [7, 11) is 0. The number of piperidine rings is 1. The molecule has 0 saturated carbocycles. The van der Waals surface area contributed by atoms with Gasteiger partial charge in [-0.25, -0.2) is 0 Å². The molecular weight excluding hydrogens is 250 g/mol. The molecule has 4 nitrogen and oxygen atoms in total. The van der Waals surface area contributed by atoms with Crippen molar-refractivity contribution >= 4 is 28.9 Å². The van der Waals surface area contributed by atoms with E-state index in [4.69, 9.17) is 23.1 Å². The smallest absolute Gasteiger partial charge is 0.240 e. The van der Waals surface area contributed by atoms with Crippen LogP contribution in [0.5, 0.6) is 0 Å². The summed E-state index contributed by atoms with van der Waals surface area (Å²) in [6.45, 7) is 2.80. The fraction of sp³-hybridized carbons (Fsp3) is 0.462. The number of nitrogen functional groups attached to an aromatic ring is 1. The predicted octanol–water partition coefficient (Wildman–Crippen LogP) is 2.07. The number of benzene rings is 1. The number of anilines is 2. The first-order chi connectivity index (χ1) is 8.50. The van der Waals surface area contributed by atoms with Gasteiger partial charge in [0.1, 0.15) is 6.04 Å². The van der Waals surface area contributed by atoms with Gasteiger partial charge in [-0.15, -0.1) is 0 Å². The maximum atomic E-state index is 11.5. The Bertz CT molecular complexity index is 476. The second kappa shape index (κ2) is 5.06. The average Bonchev–Trinajstić information content (AvgIpc) is 2.34. The van der Waals surface area contributed by atoms with Gasteiger partial charge in [0.25, 0.3) is 0 Å². The Hall–Kier alpha value is -1.42. The SMILES string of the molecule is Cc1cc(N)c(Cl)cc1N1CCCCC1C(N)=O. The van der Waals surface area contributed by atoms with Gasteiger partial charge in [0.15, 0.2) is 0 Å². The van der Waals surface area contributed by atoms with Crippen LogP contribution in [0.15, 0.2) is 12.1 Å². The zero-order valence-corrected chi connectivity index (χ0v) is 11.2. The van der Waals surface area contributed by atoms with Crippen LogP contribution in [0.4, 0.5) is 11.4 Å². The summed E-state index contributed by atoms with van der Waals surface area (Å²) in [5.41, 5.74) is 13.8. The molecule has 4 N–H and O–H groups in total. The lowest BCUT2D eigenvalue weighted by Gasteiger charge is -2.36. The van der Waals surface area contributed by atoms with E-state index in [-0.39, 0.29) is 11.9 Å². The maximum Gasteiger partial charge on any atom is 0.240 e. The number of nitrogens with zero attached hydrogens (tertiary/aromatic N) is 1. The third-order valence-corrected chi connectivity index (χ3v) is 3.78. The molecule has 1 aliphatic heterocycles. The second-order valence-electron chi connectivity index (χ2n) is 4.77. The molecule has 98 valence electrons. The van der Waals surface area contributed by atoms with E-state index in [1.807, 2.05) is 24.0 Å². The molecule has 1 atom stereocenters. The fourth-order valence-corrected chi connectivity index (χ4v) is 2.68. The number of hydrogen-bond acceptors (Lipinski definition) is 3. The molecule has 0 aromatic heterocycles. The number of carbonyl (C=O) groups is 1. The van der Waals surface area contributed by atoms with Gasteiger partial charge >= 0.3 is 0 Å². The predicted molar refractivity (Wildman–Crippen MR) is 74.8 cm³/mol. The summed E-state index contributed by atoms with van der Waals surface area (Å²) in [6.07, 6.45) is 2.90. The molecule has 0 spiro atoms. The van der Waals surface area contributed by atoms with Crippen molar-refractivity contribution < 1.29 is 4.79 Å². The Morgan fingerprint density at radius 2 is 2.17 bits per heavy atom. The van der Waals surface area contributed by atoms with E-state index in [2.05, 4.69) is 0 Å². The number of halogens is 1. The Kier molecular flexibility index (Phi) is 3.66. The van der Waals surface area contributed by atoms with Gasteiger partial charge in [0.2, 0.25) is 5.91 Å². The lowest BCUT2D eigenvalue weighted by Crippen LogP contribution is -2.48. The van der Waals surface area contributed by atoms with E-state index in [1.54, 1.807) is 0 Å². The number of primary amides is 1. The minimum absolute atomic E-state index is 0.239. The molecule has 1 saturated heterocycles. The zero-order valence-electron chi connectivity index (χ0n) is 10.4. The zero-order chi connectivity index (χ0) is 13.3. The van der Waals surface area contributed by atoms with Crippen LogP contribution in [-0.2, 0) is 4.79 Å². The highest BCUT2D eigenvalue weighted by atomic mass is 35.5.